The van der Waals surface area contributed by atoms with E-state index in [2.05, 4.69) is 25.2 Å². The van der Waals surface area contributed by atoms with Crippen LogP contribution in [0.1, 0.15) is 12.8 Å². The molecule has 3 heterocycles. The third-order valence-corrected chi connectivity index (χ3v) is 3.56. The lowest BCUT2D eigenvalue weighted by Gasteiger charge is -2.31. The van der Waals surface area contributed by atoms with Crippen molar-refractivity contribution in [1.29, 1.82) is 0 Å². The molecule has 21 heavy (non-hydrogen) atoms. The molecule has 2 aromatic rings. The topological polar surface area (TPSA) is 71.0 Å². The van der Waals surface area contributed by atoms with E-state index in [1.807, 2.05) is 6.07 Å². The maximum Gasteiger partial charge on any atom is 0.229 e. The first kappa shape index (κ1) is 13.5. The second-order valence-corrected chi connectivity index (χ2v) is 5.06. The summed E-state index contributed by atoms with van der Waals surface area (Å²) in [4.78, 5) is 26.9. The SMILES string of the molecule is O=C(Nc1cccnc1)[C@H]1CCCN(c2ncccn2)C1. The van der Waals surface area contributed by atoms with E-state index in [1.54, 1.807) is 36.9 Å². The molecule has 0 bridgehead atoms. The average molecular weight is 283 g/mol. The number of amides is 1. The Labute approximate surface area is 123 Å². The summed E-state index contributed by atoms with van der Waals surface area (Å²) < 4.78 is 0. The number of nitrogens with zero attached hydrogens (tertiary/aromatic N) is 4. The molecule has 6 nitrogen and oxygen atoms in total. The predicted molar refractivity (Wildman–Crippen MR) is 79.8 cm³/mol. The Kier molecular flexibility index (Phi) is 4.04. The minimum absolute atomic E-state index is 0.0311. The van der Waals surface area contributed by atoms with Crippen molar-refractivity contribution in [1.82, 2.24) is 15.0 Å². The summed E-state index contributed by atoms with van der Waals surface area (Å²) in [5, 5.41) is 2.91. The van der Waals surface area contributed by atoms with Gasteiger partial charge in [0.05, 0.1) is 17.8 Å². The second kappa shape index (κ2) is 6.30. The summed E-state index contributed by atoms with van der Waals surface area (Å²) >= 11 is 0. The van der Waals surface area contributed by atoms with E-state index >= 15 is 0 Å². The minimum atomic E-state index is -0.0530. The molecule has 1 N–H and O–H groups in total. The zero-order valence-electron chi connectivity index (χ0n) is 11.6. The van der Waals surface area contributed by atoms with Gasteiger partial charge in [0, 0.05) is 31.7 Å². The van der Waals surface area contributed by atoms with Gasteiger partial charge in [0.25, 0.3) is 0 Å². The van der Waals surface area contributed by atoms with Gasteiger partial charge >= 0.3 is 0 Å². The Bertz CT molecular complexity index is 590. The monoisotopic (exact) mass is 283 g/mol. The molecule has 6 heteroatoms. The smallest absolute Gasteiger partial charge is 0.229 e. The molecular weight excluding hydrogens is 266 g/mol. The molecule has 108 valence electrons. The van der Waals surface area contributed by atoms with Crippen molar-refractivity contribution in [3.05, 3.63) is 43.0 Å². The van der Waals surface area contributed by atoms with Gasteiger partial charge in [0.15, 0.2) is 0 Å². The molecule has 0 radical (unpaired) electrons. The Morgan fingerprint density at radius 2 is 2.10 bits per heavy atom. The fourth-order valence-electron chi connectivity index (χ4n) is 2.51. The van der Waals surface area contributed by atoms with E-state index in [-0.39, 0.29) is 11.8 Å². The van der Waals surface area contributed by atoms with Crippen molar-refractivity contribution in [3.63, 3.8) is 0 Å². The summed E-state index contributed by atoms with van der Waals surface area (Å²) in [7, 11) is 0. The molecule has 1 aliphatic heterocycles. The highest BCUT2D eigenvalue weighted by atomic mass is 16.1. The van der Waals surface area contributed by atoms with Crippen LogP contribution < -0.4 is 10.2 Å². The van der Waals surface area contributed by atoms with Crippen LogP contribution in [0.4, 0.5) is 11.6 Å². The molecule has 0 aliphatic carbocycles. The first-order valence-corrected chi connectivity index (χ1v) is 7.06. The van der Waals surface area contributed by atoms with Crippen molar-refractivity contribution < 1.29 is 4.79 Å². The van der Waals surface area contributed by atoms with E-state index in [4.69, 9.17) is 0 Å². The Balaban J connectivity index is 1.64. The first-order valence-electron chi connectivity index (χ1n) is 7.06. The van der Waals surface area contributed by atoms with Gasteiger partial charge < -0.3 is 10.2 Å². The fourth-order valence-corrected chi connectivity index (χ4v) is 2.51. The van der Waals surface area contributed by atoms with Crippen molar-refractivity contribution in [2.24, 2.45) is 5.92 Å². The average Bonchev–Trinajstić information content (AvgIpc) is 2.57. The van der Waals surface area contributed by atoms with Crippen LogP contribution in [0.5, 0.6) is 0 Å². The van der Waals surface area contributed by atoms with E-state index in [9.17, 15) is 4.79 Å². The quantitative estimate of drug-likeness (QED) is 0.928. The zero-order chi connectivity index (χ0) is 14.5. The Morgan fingerprint density at radius 3 is 2.86 bits per heavy atom. The summed E-state index contributed by atoms with van der Waals surface area (Å²) in [6.07, 6.45) is 8.63. The number of carbonyl (C=O) groups excluding carboxylic acids is 1. The lowest BCUT2D eigenvalue weighted by atomic mass is 9.97. The van der Waals surface area contributed by atoms with Crippen LogP contribution in [0, 0.1) is 5.92 Å². The van der Waals surface area contributed by atoms with Crippen LogP contribution in [0.25, 0.3) is 0 Å². The van der Waals surface area contributed by atoms with Crippen molar-refractivity contribution >= 4 is 17.5 Å². The lowest BCUT2D eigenvalue weighted by Crippen LogP contribution is -2.41. The van der Waals surface area contributed by atoms with Crippen LogP contribution in [0.15, 0.2) is 43.0 Å². The van der Waals surface area contributed by atoms with E-state index < -0.39 is 0 Å². The number of carbonyl (C=O) groups is 1. The number of nitrogens with one attached hydrogen (secondary N) is 1. The Morgan fingerprint density at radius 1 is 1.24 bits per heavy atom. The van der Waals surface area contributed by atoms with Gasteiger partial charge in [-0.05, 0) is 31.0 Å². The van der Waals surface area contributed by atoms with Gasteiger partial charge in [-0.2, -0.15) is 0 Å². The van der Waals surface area contributed by atoms with Crippen LogP contribution in [-0.4, -0.2) is 33.9 Å². The zero-order valence-corrected chi connectivity index (χ0v) is 11.6. The molecule has 0 unspecified atom stereocenters. The molecule has 1 amide bonds. The van der Waals surface area contributed by atoms with Gasteiger partial charge in [-0.15, -0.1) is 0 Å². The van der Waals surface area contributed by atoms with Crippen LogP contribution in [-0.2, 0) is 4.79 Å². The van der Waals surface area contributed by atoms with Crippen molar-refractivity contribution in [3.8, 4) is 0 Å². The molecule has 1 aliphatic rings. The number of aromatic nitrogens is 3. The third-order valence-electron chi connectivity index (χ3n) is 3.56. The number of hydrogen-bond donors (Lipinski definition) is 1. The first-order chi connectivity index (χ1) is 10.3. The van der Waals surface area contributed by atoms with Crippen LogP contribution in [0.2, 0.25) is 0 Å². The molecule has 3 rings (SSSR count). The lowest BCUT2D eigenvalue weighted by molar-refractivity contribution is -0.120. The van der Waals surface area contributed by atoms with Crippen molar-refractivity contribution in [2.75, 3.05) is 23.3 Å². The summed E-state index contributed by atoms with van der Waals surface area (Å²) in [6.45, 7) is 1.54. The molecular formula is C15H17N5O. The van der Waals surface area contributed by atoms with E-state index in [0.717, 1.165) is 25.1 Å². The third kappa shape index (κ3) is 3.34. The van der Waals surface area contributed by atoms with Gasteiger partial charge in [-0.25, -0.2) is 9.97 Å². The van der Waals surface area contributed by atoms with E-state index in [0.29, 0.717) is 12.5 Å². The minimum Gasteiger partial charge on any atom is -0.340 e. The summed E-state index contributed by atoms with van der Waals surface area (Å²) in [5.41, 5.74) is 0.732. The predicted octanol–water partition coefficient (Wildman–Crippen LogP) is 1.73. The largest absolute Gasteiger partial charge is 0.340 e. The normalized spacial score (nSPS) is 18.3. The molecule has 1 fully saturated rings. The highest BCUT2D eigenvalue weighted by Gasteiger charge is 2.27. The molecule has 1 saturated heterocycles. The fraction of sp³-hybridized carbons (Fsp3) is 0.333. The number of hydrogen-bond acceptors (Lipinski definition) is 5. The van der Waals surface area contributed by atoms with Gasteiger partial charge in [0.1, 0.15) is 0 Å². The molecule has 1 atom stereocenters. The van der Waals surface area contributed by atoms with Crippen LogP contribution in [0.3, 0.4) is 0 Å². The molecule has 0 saturated carbocycles. The molecule has 0 spiro atoms. The maximum absolute atomic E-state index is 12.3. The van der Waals surface area contributed by atoms with E-state index in [1.165, 1.54) is 0 Å². The van der Waals surface area contributed by atoms with Crippen LogP contribution >= 0.6 is 0 Å². The standard InChI is InChI=1S/C15H17N5O/c21-14(19-13-5-1-6-16-10-13)12-4-2-9-20(11-12)15-17-7-3-8-18-15/h1,3,5-8,10,12H,2,4,9,11H2,(H,19,21)/t12-/m0/s1. The number of pyridine rings is 1. The number of rotatable bonds is 3. The molecule has 0 aromatic carbocycles. The molecule has 2 aromatic heterocycles. The van der Waals surface area contributed by atoms with Gasteiger partial charge in [0.2, 0.25) is 11.9 Å². The Hall–Kier alpha value is -2.50. The van der Waals surface area contributed by atoms with Gasteiger partial charge in [-0.1, -0.05) is 0 Å². The highest BCUT2D eigenvalue weighted by Crippen LogP contribution is 2.21. The maximum atomic E-state index is 12.3. The second-order valence-electron chi connectivity index (χ2n) is 5.06. The summed E-state index contributed by atoms with van der Waals surface area (Å²) in [5.74, 6) is 0.669. The number of anilines is 2. The van der Waals surface area contributed by atoms with Crippen molar-refractivity contribution in [2.45, 2.75) is 12.8 Å². The summed E-state index contributed by atoms with van der Waals surface area (Å²) in [6, 6.07) is 5.44. The number of piperidine rings is 1. The van der Waals surface area contributed by atoms with Gasteiger partial charge in [-0.3, -0.25) is 9.78 Å². The highest BCUT2D eigenvalue weighted by molar-refractivity contribution is 5.92.